The molecule has 1 aromatic heterocycles. The Balaban J connectivity index is 2.38. The Hall–Kier alpha value is -0.660. The Bertz CT molecular complexity index is 175. The first-order valence-corrected chi connectivity index (χ1v) is 2.89. The lowest BCUT2D eigenvalue weighted by molar-refractivity contribution is -0.0728. The van der Waals surface area contributed by atoms with E-state index in [2.05, 4.69) is 13.8 Å². The highest BCUT2D eigenvalue weighted by Crippen LogP contribution is 2.48. The number of hydrogen-bond donors (Lipinski definition) is 0. The monoisotopic (exact) mass is 112 g/mol. The number of hydrogen-bond acceptors (Lipinski definition) is 2. The van der Waals surface area contributed by atoms with Gasteiger partial charge in [0, 0.05) is 11.8 Å². The zero-order chi connectivity index (χ0) is 5.72. The summed E-state index contributed by atoms with van der Waals surface area (Å²) in [7, 11) is 0. The minimum atomic E-state index is 0.596. The van der Waals surface area contributed by atoms with Crippen LogP contribution >= 0.6 is 0 Å². The van der Waals surface area contributed by atoms with Gasteiger partial charge in [-0.1, -0.05) is 13.8 Å². The van der Waals surface area contributed by atoms with Crippen LogP contribution < -0.4 is 0 Å². The third-order valence-electron chi connectivity index (χ3n) is 2.04. The van der Waals surface area contributed by atoms with Crippen LogP contribution in [0.2, 0.25) is 0 Å². The molecule has 1 aromatic rings. The molecule has 0 N–H and O–H groups in total. The van der Waals surface area contributed by atoms with E-state index in [1.54, 1.807) is 0 Å². The maximum atomic E-state index is 4.69. The zero-order valence-electron chi connectivity index (χ0n) is 4.97. The number of rotatable bonds is 0. The highest BCUT2D eigenvalue weighted by atomic mass is 17.0. The van der Waals surface area contributed by atoms with Crippen molar-refractivity contribution in [2.24, 2.45) is 0 Å². The van der Waals surface area contributed by atoms with E-state index in [1.165, 1.54) is 0 Å². The molecule has 0 saturated carbocycles. The molecule has 0 fully saturated rings. The average Bonchev–Trinajstić information content (AvgIpc) is 1.64. The predicted molar refractivity (Wildman–Crippen MR) is 27.8 cm³/mol. The van der Waals surface area contributed by atoms with Crippen molar-refractivity contribution < 1.29 is 9.15 Å². The van der Waals surface area contributed by atoms with Crippen LogP contribution in [0.4, 0.5) is 0 Å². The van der Waals surface area contributed by atoms with Crippen LogP contribution in [0, 0.1) is 0 Å². The van der Waals surface area contributed by atoms with Gasteiger partial charge in [0.05, 0.1) is 0 Å². The van der Waals surface area contributed by atoms with Crippen LogP contribution in [0.15, 0.2) is 9.15 Å². The quantitative estimate of drug-likeness (QED) is 0.480. The van der Waals surface area contributed by atoms with E-state index < -0.39 is 0 Å². The summed E-state index contributed by atoms with van der Waals surface area (Å²) in [5.74, 6) is 3.33. The molecule has 1 aliphatic rings. The molecule has 0 spiro atoms. The average molecular weight is 112 g/mol. The first kappa shape index (κ1) is 4.24. The molecule has 44 valence electrons. The highest BCUT2D eigenvalue weighted by Gasteiger charge is 2.41. The van der Waals surface area contributed by atoms with Gasteiger partial charge in [0.1, 0.15) is 0 Å². The summed E-state index contributed by atoms with van der Waals surface area (Å²) >= 11 is 0. The van der Waals surface area contributed by atoms with Crippen LogP contribution in [0.3, 0.4) is 0 Å². The van der Waals surface area contributed by atoms with Crippen molar-refractivity contribution in [2.75, 3.05) is 0 Å². The van der Waals surface area contributed by atoms with Crippen LogP contribution in [-0.4, -0.2) is 0 Å². The van der Waals surface area contributed by atoms with Gasteiger partial charge >= 0.3 is 0 Å². The summed E-state index contributed by atoms with van der Waals surface area (Å²) in [4.78, 5) is 0. The van der Waals surface area contributed by atoms with Crippen LogP contribution in [0.25, 0.3) is 0 Å². The summed E-state index contributed by atoms with van der Waals surface area (Å²) in [6.07, 6.45) is 0. The van der Waals surface area contributed by atoms with E-state index in [0.717, 1.165) is 11.5 Å². The second kappa shape index (κ2) is 1.02. The van der Waals surface area contributed by atoms with Crippen molar-refractivity contribution in [1.29, 1.82) is 0 Å². The molecule has 0 saturated heterocycles. The first-order chi connectivity index (χ1) is 3.80. The van der Waals surface area contributed by atoms with Gasteiger partial charge in [0.15, 0.2) is 0 Å². The van der Waals surface area contributed by atoms with Gasteiger partial charge in [-0.05, 0) is 0 Å². The molecule has 1 heterocycles. The van der Waals surface area contributed by atoms with Gasteiger partial charge in [-0.25, -0.2) is 0 Å². The molecular weight excluding hydrogens is 104 g/mol. The molecule has 0 aromatic carbocycles. The SMILES string of the molecule is CC1c2ooc2C1C. The molecule has 1 aliphatic carbocycles. The van der Waals surface area contributed by atoms with Crippen molar-refractivity contribution in [3.05, 3.63) is 11.5 Å². The van der Waals surface area contributed by atoms with E-state index in [0.29, 0.717) is 11.8 Å². The lowest BCUT2D eigenvalue weighted by Gasteiger charge is -2.30. The van der Waals surface area contributed by atoms with Gasteiger partial charge < -0.3 is 0 Å². The zero-order valence-corrected chi connectivity index (χ0v) is 4.97. The largest absolute Gasteiger partial charge is 0.291 e. The molecule has 0 bridgehead atoms. The van der Waals surface area contributed by atoms with E-state index in [9.17, 15) is 0 Å². The van der Waals surface area contributed by atoms with Crippen LogP contribution in [0.1, 0.15) is 37.2 Å². The fraction of sp³-hybridized carbons (Fsp3) is 0.667. The van der Waals surface area contributed by atoms with Gasteiger partial charge in [-0.2, -0.15) is 0 Å². The summed E-state index contributed by atoms with van der Waals surface area (Å²) in [6, 6.07) is 0. The minimum Gasteiger partial charge on any atom is -0.291 e. The molecule has 2 nitrogen and oxygen atoms in total. The van der Waals surface area contributed by atoms with Crippen molar-refractivity contribution in [3.8, 4) is 0 Å². The van der Waals surface area contributed by atoms with Crippen molar-refractivity contribution in [3.63, 3.8) is 0 Å². The molecule has 2 heteroatoms. The standard InChI is InChI=1S/C6H8O2/c1-3-4(2)6-5(3)7-8-6/h3-4H,1-2H3. The van der Waals surface area contributed by atoms with Crippen molar-refractivity contribution in [2.45, 2.75) is 25.7 Å². The molecule has 2 rings (SSSR count). The molecule has 2 unspecified atom stereocenters. The summed E-state index contributed by atoms with van der Waals surface area (Å²) in [5, 5.41) is 0. The third-order valence-corrected chi connectivity index (χ3v) is 2.04. The second-order valence-corrected chi connectivity index (χ2v) is 2.47. The molecule has 2 atom stereocenters. The Kier molecular flexibility index (Phi) is 0.539. The van der Waals surface area contributed by atoms with Gasteiger partial charge in [-0.15, -0.1) is 0 Å². The van der Waals surface area contributed by atoms with Gasteiger partial charge in [0.2, 0.25) is 11.5 Å². The Morgan fingerprint density at radius 3 is 1.50 bits per heavy atom. The lowest BCUT2D eigenvalue weighted by Crippen LogP contribution is -2.21. The van der Waals surface area contributed by atoms with Gasteiger partial charge in [-0.3, -0.25) is 9.15 Å². The molecule has 0 aliphatic heterocycles. The normalized spacial score (nSPS) is 34.2. The van der Waals surface area contributed by atoms with Gasteiger partial charge in [0.25, 0.3) is 0 Å². The van der Waals surface area contributed by atoms with Crippen LogP contribution in [-0.2, 0) is 0 Å². The topological polar surface area (TPSA) is 26.3 Å². The predicted octanol–water partition coefficient (Wildman–Crippen LogP) is 2.09. The summed E-state index contributed by atoms with van der Waals surface area (Å²) < 4.78 is 9.38. The maximum Gasteiger partial charge on any atom is 0.202 e. The van der Waals surface area contributed by atoms with E-state index in [-0.39, 0.29) is 0 Å². The Morgan fingerprint density at radius 1 is 1.00 bits per heavy atom. The number of fused-ring (bicyclic) bond motifs is 1. The fourth-order valence-electron chi connectivity index (χ4n) is 1.10. The summed E-state index contributed by atoms with van der Waals surface area (Å²) in [6.45, 7) is 4.29. The smallest absolute Gasteiger partial charge is 0.202 e. The van der Waals surface area contributed by atoms with Crippen LogP contribution in [0.5, 0.6) is 0 Å². The first-order valence-electron chi connectivity index (χ1n) is 2.89. The minimum absolute atomic E-state index is 0.596. The lowest BCUT2D eigenvalue weighted by atomic mass is 9.79. The Morgan fingerprint density at radius 2 is 1.38 bits per heavy atom. The molecular formula is C6H8O2. The Labute approximate surface area is 47.4 Å². The second-order valence-electron chi connectivity index (χ2n) is 2.47. The summed E-state index contributed by atoms with van der Waals surface area (Å²) in [5.41, 5.74) is 0. The van der Waals surface area contributed by atoms with Crippen molar-refractivity contribution in [1.82, 2.24) is 0 Å². The maximum absolute atomic E-state index is 4.69. The third kappa shape index (κ3) is 0.243. The van der Waals surface area contributed by atoms with Crippen molar-refractivity contribution >= 4 is 0 Å². The van der Waals surface area contributed by atoms with E-state index in [1.807, 2.05) is 0 Å². The molecule has 0 radical (unpaired) electrons. The van der Waals surface area contributed by atoms with E-state index in [4.69, 9.17) is 9.15 Å². The van der Waals surface area contributed by atoms with E-state index >= 15 is 0 Å². The molecule has 8 heavy (non-hydrogen) atoms. The fourth-order valence-corrected chi connectivity index (χ4v) is 1.10. The molecule has 0 amide bonds. The highest BCUT2D eigenvalue weighted by molar-refractivity contribution is 5.28.